The summed E-state index contributed by atoms with van der Waals surface area (Å²) in [6.45, 7) is 2.14. The molecule has 0 bridgehead atoms. The predicted molar refractivity (Wildman–Crippen MR) is 85.9 cm³/mol. The molecule has 2 N–H and O–H groups in total. The lowest BCUT2D eigenvalue weighted by Gasteiger charge is -2.21. The highest BCUT2D eigenvalue weighted by Crippen LogP contribution is 2.25. The fourth-order valence-corrected chi connectivity index (χ4v) is 3.28. The van der Waals surface area contributed by atoms with Gasteiger partial charge in [0.1, 0.15) is 5.75 Å². The van der Waals surface area contributed by atoms with E-state index in [-0.39, 0.29) is 12.3 Å². The standard InChI is InChI=1S/C18H27NO3/c19-17(18-20-10-11-21-18)12-14-6-8-16(9-7-14)22-13-15-4-2-1-3-5-15/h6-9,15,17-18H,1-5,10-13,19H2/t17-/m0/s1. The van der Waals surface area contributed by atoms with E-state index < -0.39 is 0 Å². The number of ether oxygens (including phenoxy) is 3. The van der Waals surface area contributed by atoms with Crippen LogP contribution in [0, 0.1) is 5.92 Å². The van der Waals surface area contributed by atoms with Gasteiger partial charge in [-0.1, -0.05) is 31.4 Å². The fraction of sp³-hybridized carbons (Fsp3) is 0.667. The van der Waals surface area contributed by atoms with E-state index in [0.29, 0.717) is 13.2 Å². The Kier molecular flexibility index (Phi) is 5.70. The second-order valence-corrected chi connectivity index (χ2v) is 6.44. The first-order chi connectivity index (χ1) is 10.8. The van der Waals surface area contributed by atoms with E-state index in [0.717, 1.165) is 24.7 Å². The third-order valence-electron chi connectivity index (χ3n) is 4.60. The molecular weight excluding hydrogens is 278 g/mol. The third-order valence-corrected chi connectivity index (χ3v) is 4.60. The zero-order chi connectivity index (χ0) is 15.2. The molecule has 2 fully saturated rings. The van der Waals surface area contributed by atoms with Gasteiger partial charge in [-0.15, -0.1) is 0 Å². The van der Waals surface area contributed by atoms with E-state index in [2.05, 4.69) is 12.1 Å². The molecule has 0 unspecified atom stereocenters. The lowest BCUT2D eigenvalue weighted by Crippen LogP contribution is -2.37. The molecule has 1 aromatic carbocycles. The van der Waals surface area contributed by atoms with E-state index >= 15 is 0 Å². The van der Waals surface area contributed by atoms with Crippen LogP contribution in [0.3, 0.4) is 0 Å². The van der Waals surface area contributed by atoms with E-state index in [1.54, 1.807) is 0 Å². The van der Waals surface area contributed by atoms with Crippen LogP contribution in [0.5, 0.6) is 5.75 Å². The summed E-state index contributed by atoms with van der Waals surface area (Å²) in [7, 11) is 0. The lowest BCUT2D eigenvalue weighted by molar-refractivity contribution is -0.0585. The predicted octanol–water partition coefficient (Wildman–Crippen LogP) is 2.89. The summed E-state index contributed by atoms with van der Waals surface area (Å²) in [6, 6.07) is 8.15. The molecule has 1 saturated carbocycles. The normalized spacial score (nSPS) is 21.9. The number of rotatable bonds is 6. The number of benzene rings is 1. The van der Waals surface area contributed by atoms with Gasteiger partial charge in [0.05, 0.1) is 25.9 Å². The molecule has 1 heterocycles. The van der Waals surface area contributed by atoms with Crippen molar-refractivity contribution in [3.05, 3.63) is 29.8 Å². The van der Waals surface area contributed by atoms with Crippen molar-refractivity contribution in [1.29, 1.82) is 0 Å². The maximum atomic E-state index is 6.12. The van der Waals surface area contributed by atoms with E-state index in [1.165, 1.54) is 37.7 Å². The van der Waals surface area contributed by atoms with Gasteiger partial charge in [0, 0.05) is 0 Å². The van der Waals surface area contributed by atoms with Gasteiger partial charge in [0.2, 0.25) is 0 Å². The summed E-state index contributed by atoms with van der Waals surface area (Å²) in [4.78, 5) is 0. The Morgan fingerprint density at radius 2 is 1.73 bits per heavy atom. The summed E-state index contributed by atoms with van der Waals surface area (Å²) < 4.78 is 16.8. The van der Waals surface area contributed by atoms with Crippen LogP contribution in [-0.4, -0.2) is 32.2 Å². The van der Waals surface area contributed by atoms with Crippen LogP contribution in [0.4, 0.5) is 0 Å². The van der Waals surface area contributed by atoms with Gasteiger partial charge in [-0.25, -0.2) is 0 Å². The first kappa shape index (κ1) is 15.8. The Morgan fingerprint density at radius 1 is 1.05 bits per heavy atom. The van der Waals surface area contributed by atoms with Crippen LogP contribution in [0.1, 0.15) is 37.7 Å². The Hall–Kier alpha value is -1.10. The van der Waals surface area contributed by atoms with Crippen LogP contribution in [-0.2, 0) is 15.9 Å². The molecule has 1 aliphatic heterocycles. The van der Waals surface area contributed by atoms with Crippen molar-refractivity contribution in [3.63, 3.8) is 0 Å². The van der Waals surface area contributed by atoms with Crippen LogP contribution < -0.4 is 10.5 Å². The quantitative estimate of drug-likeness (QED) is 0.878. The molecule has 2 aliphatic rings. The monoisotopic (exact) mass is 305 g/mol. The number of hydrogen-bond acceptors (Lipinski definition) is 4. The summed E-state index contributed by atoms with van der Waals surface area (Å²) in [5.41, 5.74) is 7.32. The zero-order valence-corrected chi connectivity index (χ0v) is 13.2. The van der Waals surface area contributed by atoms with E-state index in [9.17, 15) is 0 Å². The Balaban J connectivity index is 1.45. The molecule has 22 heavy (non-hydrogen) atoms. The third kappa shape index (κ3) is 4.45. The Morgan fingerprint density at radius 3 is 2.41 bits per heavy atom. The molecule has 4 heteroatoms. The van der Waals surface area contributed by atoms with Crippen LogP contribution in [0.2, 0.25) is 0 Å². The highest BCUT2D eigenvalue weighted by Gasteiger charge is 2.23. The molecule has 4 nitrogen and oxygen atoms in total. The SMILES string of the molecule is N[C@@H](Cc1ccc(OCC2CCCCC2)cc1)C1OCCO1. The fourth-order valence-electron chi connectivity index (χ4n) is 3.28. The second-order valence-electron chi connectivity index (χ2n) is 6.44. The van der Waals surface area contributed by atoms with Crippen LogP contribution in [0.15, 0.2) is 24.3 Å². The van der Waals surface area contributed by atoms with Gasteiger partial charge in [0.15, 0.2) is 6.29 Å². The van der Waals surface area contributed by atoms with Crippen molar-refractivity contribution in [2.75, 3.05) is 19.8 Å². The molecule has 122 valence electrons. The van der Waals surface area contributed by atoms with Gasteiger partial charge in [-0.2, -0.15) is 0 Å². The zero-order valence-electron chi connectivity index (χ0n) is 13.2. The van der Waals surface area contributed by atoms with Crippen molar-refractivity contribution in [2.45, 2.75) is 50.9 Å². The average Bonchev–Trinajstić information content (AvgIpc) is 3.10. The molecule has 1 saturated heterocycles. The van der Waals surface area contributed by atoms with Crippen molar-refractivity contribution >= 4 is 0 Å². The van der Waals surface area contributed by atoms with Gasteiger partial charge in [0.25, 0.3) is 0 Å². The maximum absolute atomic E-state index is 6.12. The van der Waals surface area contributed by atoms with Gasteiger partial charge < -0.3 is 19.9 Å². The molecule has 1 aliphatic carbocycles. The Labute approximate surface area is 132 Å². The Bertz CT molecular complexity index is 436. The smallest absolute Gasteiger partial charge is 0.173 e. The molecular formula is C18H27NO3. The minimum atomic E-state index is -0.262. The van der Waals surface area contributed by atoms with Gasteiger partial charge in [-0.3, -0.25) is 0 Å². The van der Waals surface area contributed by atoms with E-state index in [4.69, 9.17) is 19.9 Å². The topological polar surface area (TPSA) is 53.7 Å². The van der Waals surface area contributed by atoms with Crippen LogP contribution in [0.25, 0.3) is 0 Å². The van der Waals surface area contributed by atoms with Crippen LogP contribution >= 0.6 is 0 Å². The first-order valence-corrected chi connectivity index (χ1v) is 8.52. The number of nitrogens with two attached hydrogens (primary N) is 1. The van der Waals surface area contributed by atoms with Crippen molar-refractivity contribution in [3.8, 4) is 5.75 Å². The first-order valence-electron chi connectivity index (χ1n) is 8.52. The molecule has 0 spiro atoms. The highest BCUT2D eigenvalue weighted by atomic mass is 16.7. The van der Waals surface area contributed by atoms with Crippen molar-refractivity contribution in [2.24, 2.45) is 11.7 Å². The molecule has 3 rings (SSSR count). The molecule has 1 atom stereocenters. The minimum absolute atomic E-state index is 0.114. The number of hydrogen-bond donors (Lipinski definition) is 1. The molecule has 0 amide bonds. The van der Waals surface area contributed by atoms with Gasteiger partial charge in [-0.05, 0) is 42.9 Å². The van der Waals surface area contributed by atoms with E-state index in [1.807, 2.05) is 12.1 Å². The average molecular weight is 305 g/mol. The summed E-state index contributed by atoms with van der Waals surface area (Å²) in [5.74, 6) is 1.69. The minimum Gasteiger partial charge on any atom is -0.493 e. The summed E-state index contributed by atoms with van der Waals surface area (Å²) >= 11 is 0. The highest BCUT2D eigenvalue weighted by molar-refractivity contribution is 5.27. The van der Waals surface area contributed by atoms with Crippen molar-refractivity contribution < 1.29 is 14.2 Å². The summed E-state index contributed by atoms with van der Waals surface area (Å²) in [5, 5.41) is 0. The molecule has 0 radical (unpaired) electrons. The largest absolute Gasteiger partial charge is 0.493 e. The molecule has 1 aromatic rings. The molecule has 0 aromatic heterocycles. The summed E-state index contributed by atoms with van der Waals surface area (Å²) in [6.07, 6.45) is 7.23. The van der Waals surface area contributed by atoms with Gasteiger partial charge >= 0.3 is 0 Å². The van der Waals surface area contributed by atoms with Crippen molar-refractivity contribution in [1.82, 2.24) is 0 Å². The second kappa shape index (κ2) is 7.95. The lowest BCUT2D eigenvalue weighted by atomic mass is 9.90. The maximum Gasteiger partial charge on any atom is 0.173 e.